The number of benzene rings is 1. The smallest absolute Gasteiger partial charge is 0.302 e. The fourth-order valence-electron chi connectivity index (χ4n) is 1.44. The number of rotatable bonds is 6. The van der Waals surface area contributed by atoms with Gasteiger partial charge in [-0.15, -0.1) is 0 Å². The first-order chi connectivity index (χ1) is 9.74. The second kappa shape index (κ2) is 7.28. The van der Waals surface area contributed by atoms with Crippen LogP contribution in [0.5, 0.6) is 5.75 Å². The summed E-state index contributed by atoms with van der Waals surface area (Å²) in [6.45, 7) is 3.84. The maximum atomic E-state index is 12.1. The average molecular weight is 316 g/mol. The van der Waals surface area contributed by atoms with E-state index in [-0.39, 0.29) is 13.3 Å². The van der Waals surface area contributed by atoms with Crippen molar-refractivity contribution in [3.8, 4) is 5.75 Å². The van der Waals surface area contributed by atoms with E-state index in [0.717, 1.165) is 0 Å². The Morgan fingerprint density at radius 3 is 2.52 bits per heavy atom. The Kier molecular flexibility index (Phi) is 5.99. The lowest BCUT2D eigenvalue weighted by atomic mass is 9.93. The molecule has 7 heteroatoms. The quantitative estimate of drug-likeness (QED) is 0.378. The minimum absolute atomic E-state index is 0.135. The Bertz CT molecular complexity index is 518. The molecule has 0 fully saturated rings. The normalized spacial score (nSPS) is 10.9. The monoisotopic (exact) mass is 315 g/mol. The summed E-state index contributed by atoms with van der Waals surface area (Å²) in [6.07, 6.45) is 0. The van der Waals surface area contributed by atoms with Gasteiger partial charge in [0.1, 0.15) is 12.4 Å². The number of hydrogen-bond donors (Lipinski definition) is 1. The van der Waals surface area contributed by atoms with Crippen LogP contribution in [0.1, 0.15) is 20.8 Å². The molecule has 0 spiro atoms. The molecule has 1 aromatic rings. The third kappa shape index (κ3) is 5.24. The van der Waals surface area contributed by atoms with E-state index in [1.165, 1.54) is 6.92 Å². The van der Waals surface area contributed by atoms with Gasteiger partial charge in [0.25, 0.3) is 5.91 Å². The van der Waals surface area contributed by atoms with Crippen LogP contribution in [0.25, 0.3) is 0 Å². The highest BCUT2D eigenvalue weighted by Crippen LogP contribution is 2.24. The molecule has 21 heavy (non-hydrogen) atoms. The van der Waals surface area contributed by atoms with Gasteiger partial charge in [0.15, 0.2) is 6.73 Å². The first-order valence-corrected chi connectivity index (χ1v) is 6.63. The van der Waals surface area contributed by atoms with E-state index in [1.54, 1.807) is 38.1 Å². The lowest BCUT2D eigenvalue weighted by Crippen LogP contribution is -2.43. The van der Waals surface area contributed by atoms with Crippen LogP contribution in [0.15, 0.2) is 24.3 Å². The Hall–Kier alpha value is -1.79. The van der Waals surface area contributed by atoms with Gasteiger partial charge in [-0.2, -0.15) is 5.06 Å². The van der Waals surface area contributed by atoms with Crippen LogP contribution in [0.4, 0.5) is 0 Å². The standard InChI is InChI=1S/C14H18ClNO5/c1-10(17)20-8-14(2,3)13(18)16(19)9-21-12-7-5-4-6-11(12)15/h4-7,19H,8-9H2,1-3H3. The van der Waals surface area contributed by atoms with Gasteiger partial charge >= 0.3 is 5.97 Å². The highest BCUT2D eigenvalue weighted by molar-refractivity contribution is 6.32. The highest BCUT2D eigenvalue weighted by atomic mass is 35.5. The van der Waals surface area contributed by atoms with Crippen LogP contribution in [0.3, 0.4) is 0 Å². The van der Waals surface area contributed by atoms with E-state index in [1.807, 2.05) is 0 Å². The van der Waals surface area contributed by atoms with Crippen molar-refractivity contribution < 1.29 is 24.3 Å². The van der Waals surface area contributed by atoms with Crippen LogP contribution < -0.4 is 4.74 Å². The molecule has 0 heterocycles. The van der Waals surface area contributed by atoms with Crippen molar-refractivity contribution >= 4 is 23.5 Å². The molecule has 0 aliphatic rings. The number of amides is 1. The SMILES string of the molecule is CC(=O)OCC(C)(C)C(=O)N(O)COc1ccccc1Cl. The van der Waals surface area contributed by atoms with E-state index in [0.29, 0.717) is 15.8 Å². The van der Waals surface area contributed by atoms with Crippen molar-refractivity contribution in [1.29, 1.82) is 0 Å². The summed E-state index contributed by atoms with van der Waals surface area (Å²) in [6, 6.07) is 6.70. The molecule has 6 nitrogen and oxygen atoms in total. The summed E-state index contributed by atoms with van der Waals surface area (Å²) in [7, 11) is 0. The van der Waals surface area contributed by atoms with Gasteiger partial charge in [-0.25, -0.2) is 0 Å². The lowest BCUT2D eigenvalue weighted by Gasteiger charge is -2.27. The first kappa shape index (κ1) is 17.3. The summed E-state index contributed by atoms with van der Waals surface area (Å²) >= 11 is 5.89. The molecular formula is C14H18ClNO5. The van der Waals surface area contributed by atoms with Gasteiger partial charge in [-0.05, 0) is 26.0 Å². The summed E-state index contributed by atoms with van der Waals surface area (Å²) in [5.41, 5.74) is -1.07. The number of carbonyl (C=O) groups excluding carboxylic acids is 2. The van der Waals surface area contributed by atoms with E-state index in [2.05, 4.69) is 0 Å². The molecule has 1 N–H and O–H groups in total. The molecule has 0 saturated carbocycles. The number of halogens is 1. The number of para-hydroxylation sites is 1. The molecule has 1 aromatic carbocycles. The topological polar surface area (TPSA) is 76.1 Å². The van der Waals surface area contributed by atoms with Gasteiger partial charge in [-0.1, -0.05) is 23.7 Å². The Morgan fingerprint density at radius 2 is 1.95 bits per heavy atom. The number of esters is 1. The second-order valence-corrected chi connectivity index (χ2v) is 5.48. The van der Waals surface area contributed by atoms with Gasteiger partial charge in [0.2, 0.25) is 0 Å². The van der Waals surface area contributed by atoms with Crippen molar-refractivity contribution in [3.05, 3.63) is 29.3 Å². The summed E-state index contributed by atoms with van der Waals surface area (Å²) < 4.78 is 10.1. The van der Waals surface area contributed by atoms with Crippen LogP contribution >= 0.6 is 11.6 Å². The first-order valence-electron chi connectivity index (χ1n) is 6.25. The summed E-state index contributed by atoms with van der Waals surface area (Å²) in [4.78, 5) is 22.8. The average Bonchev–Trinajstić information content (AvgIpc) is 2.43. The fraction of sp³-hybridized carbons (Fsp3) is 0.429. The third-order valence-electron chi connectivity index (χ3n) is 2.63. The van der Waals surface area contributed by atoms with Crippen LogP contribution in [-0.4, -0.2) is 35.5 Å². The van der Waals surface area contributed by atoms with Crippen molar-refractivity contribution in [3.63, 3.8) is 0 Å². The molecule has 0 aromatic heterocycles. The molecular weight excluding hydrogens is 298 g/mol. The van der Waals surface area contributed by atoms with Crippen LogP contribution in [0, 0.1) is 5.41 Å². The van der Waals surface area contributed by atoms with E-state index in [4.69, 9.17) is 21.1 Å². The van der Waals surface area contributed by atoms with Crippen molar-refractivity contribution in [2.24, 2.45) is 5.41 Å². The minimum Gasteiger partial charge on any atom is -0.469 e. The zero-order chi connectivity index (χ0) is 16.0. The Balaban J connectivity index is 2.58. The van der Waals surface area contributed by atoms with Crippen molar-refractivity contribution in [2.45, 2.75) is 20.8 Å². The van der Waals surface area contributed by atoms with Crippen LogP contribution in [0.2, 0.25) is 5.02 Å². The molecule has 0 unspecified atom stereocenters. The number of carbonyl (C=O) groups is 2. The molecule has 0 aliphatic carbocycles. The van der Waals surface area contributed by atoms with E-state index in [9.17, 15) is 14.8 Å². The molecule has 0 aliphatic heterocycles. The van der Waals surface area contributed by atoms with E-state index < -0.39 is 17.3 Å². The third-order valence-corrected chi connectivity index (χ3v) is 2.94. The number of hydroxylamine groups is 2. The summed E-state index contributed by atoms with van der Waals surface area (Å²) in [5.74, 6) is -0.771. The zero-order valence-corrected chi connectivity index (χ0v) is 12.9. The number of nitrogens with zero attached hydrogens (tertiary/aromatic N) is 1. The molecule has 0 radical (unpaired) electrons. The van der Waals surface area contributed by atoms with Gasteiger partial charge < -0.3 is 9.47 Å². The lowest BCUT2D eigenvalue weighted by molar-refractivity contribution is -0.190. The van der Waals surface area contributed by atoms with Crippen molar-refractivity contribution in [1.82, 2.24) is 5.06 Å². The minimum atomic E-state index is -1.07. The maximum absolute atomic E-state index is 12.1. The molecule has 116 valence electrons. The van der Waals surface area contributed by atoms with Crippen molar-refractivity contribution in [2.75, 3.05) is 13.3 Å². The van der Waals surface area contributed by atoms with Gasteiger partial charge in [0.05, 0.1) is 10.4 Å². The largest absolute Gasteiger partial charge is 0.469 e. The second-order valence-electron chi connectivity index (χ2n) is 5.07. The number of ether oxygens (including phenoxy) is 2. The Morgan fingerprint density at radius 1 is 1.33 bits per heavy atom. The number of hydrogen-bond acceptors (Lipinski definition) is 5. The molecule has 0 saturated heterocycles. The molecule has 1 amide bonds. The molecule has 0 atom stereocenters. The van der Waals surface area contributed by atoms with Gasteiger partial charge in [-0.3, -0.25) is 14.8 Å². The predicted octanol–water partition coefficient (Wildman–Crippen LogP) is 2.48. The fourth-order valence-corrected chi connectivity index (χ4v) is 1.63. The highest BCUT2D eigenvalue weighted by Gasteiger charge is 2.33. The molecule has 0 bridgehead atoms. The molecule has 1 rings (SSSR count). The van der Waals surface area contributed by atoms with Gasteiger partial charge in [0, 0.05) is 6.92 Å². The predicted molar refractivity (Wildman–Crippen MR) is 76.0 cm³/mol. The zero-order valence-electron chi connectivity index (χ0n) is 12.1. The Labute approximate surface area is 128 Å². The van der Waals surface area contributed by atoms with Crippen LogP contribution in [-0.2, 0) is 14.3 Å². The van der Waals surface area contributed by atoms with E-state index >= 15 is 0 Å². The summed E-state index contributed by atoms with van der Waals surface area (Å²) in [5, 5.41) is 10.5. The maximum Gasteiger partial charge on any atom is 0.302 e.